The summed E-state index contributed by atoms with van der Waals surface area (Å²) >= 11 is 0. The van der Waals surface area contributed by atoms with Crippen molar-refractivity contribution >= 4 is 23.6 Å². The molecule has 0 spiro atoms. The topological polar surface area (TPSA) is 0 Å². The molecule has 0 saturated heterocycles. The van der Waals surface area contributed by atoms with Crippen LogP contribution in [0.4, 0.5) is 0 Å². The molecule has 34 heavy (non-hydrogen) atoms. The van der Waals surface area contributed by atoms with Crippen molar-refractivity contribution < 1.29 is 0 Å². The molecule has 0 radical (unpaired) electrons. The molecule has 5 aromatic rings. The smallest absolute Gasteiger partial charge is 0.0624 e. The van der Waals surface area contributed by atoms with Crippen LogP contribution in [0.15, 0.2) is 115 Å². The third-order valence-electron chi connectivity index (χ3n) is 8.07. The van der Waals surface area contributed by atoms with E-state index in [1.54, 1.807) is 10.4 Å². The van der Waals surface area contributed by atoms with E-state index in [1.165, 1.54) is 49.7 Å². The Balaban J connectivity index is 1.58. The highest BCUT2D eigenvalue weighted by Gasteiger charge is 2.41. The standard InChI is InChI=1S/C33H26Si/c1-34(27-15-3-2-4-16-27,30-19-9-13-25-21-23-11-5-7-17-28(23)32(25)30)31-20-10-14-26-22-24-12-6-8-18-29(24)33(26)31/h2-20H,21-22H2,1H3. The van der Waals surface area contributed by atoms with Gasteiger partial charge in [0.05, 0.1) is 0 Å². The molecular weight excluding hydrogens is 424 g/mol. The maximum Gasteiger partial charge on any atom is 0.147 e. The summed E-state index contributed by atoms with van der Waals surface area (Å²) in [6.07, 6.45) is 2.07. The monoisotopic (exact) mass is 450 g/mol. The van der Waals surface area contributed by atoms with Crippen molar-refractivity contribution in [2.24, 2.45) is 0 Å². The van der Waals surface area contributed by atoms with Gasteiger partial charge in [-0.3, -0.25) is 0 Å². The van der Waals surface area contributed by atoms with Crippen LogP contribution in [-0.4, -0.2) is 8.07 Å². The van der Waals surface area contributed by atoms with Crippen LogP contribution >= 0.6 is 0 Å². The SMILES string of the molecule is C[Si](c1ccccc1)(c1cccc2c1-c1ccccc1C2)c1cccc2c1-c1ccccc1C2. The minimum atomic E-state index is -2.33. The minimum Gasteiger partial charge on any atom is -0.0624 e. The molecule has 7 rings (SSSR count). The summed E-state index contributed by atoms with van der Waals surface area (Å²) in [5.74, 6) is 0. The van der Waals surface area contributed by atoms with Crippen molar-refractivity contribution in [2.75, 3.05) is 0 Å². The van der Waals surface area contributed by atoms with E-state index in [2.05, 4.69) is 122 Å². The van der Waals surface area contributed by atoms with Gasteiger partial charge in [-0.1, -0.05) is 122 Å². The fourth-order valence-corrected chi connectivity index (χ4v) is 10.7. The molecule has 0 fully saturated rings. The zero-order valence-corrected chi connectivity index (χ0v) is 20.4. The Morgan fingerprint density at radius 1 is 0.441 bits per heavy atom. The Kier molecular flexibility index (Phi) is 4.31. The molecule has 0 nitrogen and oxygen atoms in total. The largest absolute Gasteiger partial charge is 0.147 e. The quantitative estimate of drug-likeness (QED) is 0.231. The molecular formula is C33H26Si. The number of fused-ring (bicyclic) bond motifs is 6. The molecule has 0 heterocycles. The lowest BCUT2D eigenvalue weighted by molar-refractivity contribution is 1.26. The molecule has 0 bridgehead atoms. The van der Waals surface area contributed by atoms with Gasteiger partial charge < -0.3 is 0 Å². The highest BCUT2D eigenvalue weighted by atomic mass is 28.3. The third-order valence-corrected chi connectivity index (χ3v) is 12.5. The van der Waals surface area contributed by atoms with Crippen LogP contribution < -0.4 is 15.6 Å². The highest BCUT2D eigenvalue weighted by molar-refractivity contribution is 7.12. The number of hydrogen-bond donors (Lipinski definition) is 0. The van der Waals surface area contributed by atoms with Crippen LogP contribution in [0.5, 0.6) is 0 Å². The molecule has 5 aromatic carbocycles. The first-order valence-electron chi connectivity index (χ1n) is 12.2. The summed E-state index contributed by atoms with van der Waals surface area (Å²) in [5, 5.41) is 4.56. The van der Waals surface area contributed by atoms with E-state index in [9.17, 15) is 0 Å². The van der Waals surface area contributed by atoms with Crippen molar-refractivity contribution in [3.05, 3.63) is 138 Å². The average Bonchev–Trinajstić information content (AvgIpc) is 3.47. The van der Waals surface area contributed by atoms with Crippen molar-refractivity contribution in [3.63, 3.8) is 0 Å². The summed E-state index contributed by atoms with van der Waals surface area (Å²) in [6.45, 7) is 2.58. The van der Waals surface area contributed by atoms with Gasteiger partial charge in [-0.05, 0) is 72.9 Å². The lowest BCUT2D eigenvalue weighted by atomic mass is 10.1. The van der Waals surface area contributed by atoms with Crippen LogP contribution in [-0.2, 0) is 12.8 Å². The Labute approximate surface area is 202 Å². The summed E-state index contributed by atoms with van der Waals surface area (Å²) in [6, 6.07) is 43.5. The van der Waals surface area contributed by atoms with E-state index >= 15 is 0 Å². The number of benzene rings is 5. The molecule has 2 aliphatic rings. The summed E-state index contributed by atoms with van der Waals surface area (Å²) in [7, 11) is -2.33. The Morgan fingerprint density at radius 3 is 1.41 bits per heavy atom. The zero-order valence-electron chi connectivity index (χ0n) is 19.4. The van der Waals surface area contributed by atoms with E-state index in [1.807, 2.05) is 0 Å². The van der Waals surface area contributed by atoms with Gasteiger partial charge in [0.15, 0.2) is 0 Å². The summed E-state index contributed by atoms with van der Waals surface area (Å²) < 4.78 is 0. The maximum absolute atomic E-state index is 2.58. The van der Waals surface area contributed by atoms with E-state index in [4.69, 9.17) is 0 Å². The van der Waals surface area contributed by atoms with Crippen LogP contribution in [0.25, 0.3) is 22.3 Å². The second-order valence-corrected chi connectivity index (χ2v) is 13.7. The molecule has 0 aliphatic heterocycles. The predicted octanol–water partition coefficient (Wildman–Crippen LogP) is 5.93. The van der Waals surface area contributed by atoms with Crippen molar-refractivity contribution in [3.8, 4) is 22.3 Å². The molecule has 2 aliphatic carbocycles. The van der Waals surface area contributed by atoms with Crippen molar-refractivity contribution in [2.45, 2.75) is 19.4 Å². The van der Waals surface area contributed by atoms with Gasteiger partial charge in [-0.15, -0.1) is 0 Å². The first-order valence-corrected chi connectivity index (χ1v) is 14.7. The van der Waals surface area contributed by atoms with E-state index in [0.29, 0.717) is 0 Å². The molecule has 0 amide bonds. The van der Waals surface area contributed by atoms with Gasteiger partial charge in [0.1, 0.15) is 8.07 Å². The second-order valence-electron chi connectivity index (χ2n) is 9.84. The molecule has 0 unspecified atom stereocenters. The number of rotatable bonds is 3. The maximum atomic E-state index is 2.58. The lowest BCUT2D eigenvalue weighted by Gasteiger charge is -2.33. The predicted molar refractivity (Wildman–Crippen MR) is 146 cm³/mol. The average molecular weight is 451 g/mol. The van der Waals surface area contributed by atoms with Crippen molar-refractivity contribution in [1.29, 1.82) is 0 Å². The molecule has 1 heteroatoms. The minimum absolute atomic E-state index is 1.04. The van der Waals surface area contributed by atoms with Crippen molar-refractivity contribution in [1.82, 2.24) is 0 Å². The lowest BCUT2D eigenvalue weighted by Crippen LogP contribution is -2.65. The van der Waals surface area contributed by atoms with Gasteiger partial charge in [0.25, 0.3) is 0 Å². The Hall–Kier alpha value is -3.68. The van der Waals surface area contributed by atoms with E-state index < -0.39 is 8.07 Å². The van der Waals surface area contributed by atoms with Gasteiger partial charge in [0, 0.05) is 0 Å². The van der Waals surface area contributed by atoms with Crippen LogP contribution in [0.2, 0.25) is 6.55 Å². The molecule has 0 N–H and O–H groups in total. The zero-order chi connectivity index (χ0) is 22.7. The van der Waals surface area contributed by atoms with Crippen LogP contribution in [0.3, 0.4) is 0 Å². The molecule has 0 atom stereocenters. The fourth-order valence-electron chi connectivity index (χ4n) is 6.44. The molecule has 0 aromatic heterocycles. The first-order chi connectivity index (χ1) is 16.7. The van der Waals surface area contributed by atoms with Gasteiger partial charge in [-0.2, -0.15) is 0 Å². The van der Waals surface area contributed by atoms with E-state index in [0.717, 1.165) is 12.8 Å². The Morgan fingerprint density at radius 2 is 0.882 bits per heavy atom. The Bertz CT molecular complexity index is 1460. The third kappa shape index (κ3) is 2.71. The summed E-state index contributed by atoms with van der Waals surface area (Å²) in [5.41, 5.74) is 11.7. The molecule has 162 valence electrons. The number of hydrogen-bond acceptors (Lipinski definition) is 0. The van der Waals surface area contributed by atoms with Crippen LogP contribution in [0, 0.1) is 0 Å². The molecule has 0 saturated carbocycles. The second kappa shape index (κ2) is 7.41. The highest BCUT2D eigenvalue weighted by Crippen LogP contribution is 2.39. The first kappa shape index (κ1) is 19.8. The normalized spacial score (nSPS) is 13.2. The van der Waals surface area contributed by atoms with Gasteiger partial charge in [0.2, 0.25) is 0 Å². The van der Waals surface area contributed by atoms with E-state index in [-0.39, 0.29) is 0 Å². The van der Waals surface area contributed by atoms with Gasteiger partial charge in [-0.25, -0.2) is 0 Å². The van der Waals surface area contributed by atoms with Crippen LogP contribution in [0.1, 0.15) is 22.3 Å². The van der Waals surface area contributed by atoms with Gasteiger partial charge >= 0.3 is 0 Å². The summed E-state index contributed by atoms with van der Waals surface area (Å²) in [4.78, 5) is 0. The fraction of sp³-hybridized carbons (Fsp3) is 0.0909.